The van der Waals surface area contributed by atoms with E-state index in [9.17, 15) is 0 Å². The van der Waals surface area contributed by atoms with Crippen LogP contribution in [0.5, 0.6) is 5.75 Å². The minimum absolute atomic E-state index is 0.485. The second-order valence-corrected chi connectivity index (χ2v) is 5.66. The fourth-order valence-corrected chi connectivity index (χ4v) is 2.45. The van der Waals surface area contributed by atoms with Crippen LogP contribution in [-0.2, 0) is 4.74 Å². The van der Waals surface area contributed by atoms with E-state index in [2.05, 4.69) is 17.1 Å². The second kappa shape index (κ2) is 9.48. The molecule has 0 atom stereocenters. The van der Waals surface area contributed by atoms with Crippen molar-refractivity contribution < 1.29 is 13.9 Å². The molecule has 0 spiro atoms. The van der Waals surface area contributed by atoms with Gasteiger partial charge in [0.1, 0.15) is 5.75 Å². The number of aromatic nitrogens is 2. The van der Waals surface area contributed by atoms with Crippen molar-refractivity contribution in [3.63, 3.8) is 0 Å². The maximum atomic E-state index is 5.69. The second-order valence-electron chi connectivity index (χ2n) is 4.62. The number of hydrogen-bond donors (Lipinski definition) is 0. The molecule has 22 heavy (non-hydrogen) atoms. The number of thioether (sulfide) groups is 1. The molecule has 0 fully saturated rings. The van der Waals surface area contributed by atoms with Crippen molar-refractivity contribution in [2.45, 2.75) is 31.9 Å². The molecular weight excluding hydrogens is 300 g/mol. The summed E-state index contributed by atoms with van der Waals surface area (Å²) >= 11 is 1.51. The van der Waals surface area contributed by atoms with Gasteiger partial charge in [0.2, 0.25) is 0 Å². The molecule has 0 unspecified atom stereocenters. The average molecular weight is 322 g/mol. The zero-order valence-electron chi connectivity index (χ0n) is 13.1. The monoisotopic (exact) mass is 322 g/mol. The van der Waals surface area contributed by atoms with Gasteiger partial charge in [0.25, 0.3) is 11.1 Å². The number of nitrogens with zero attached hydrogens (tertiary/aromatic N) is 2. The Hall–Kier alpha value is -1.53. The van der Waals surface area contributed by atoms with Crippen molar-refractivity contribution in [3.05, 3.63) is 24.3 Å². The predicted molar refractivity (Wildman–Crippen MR) is 87.4 cm³/mol. The molecule has 2 rings (SSSR count). The van der Waals surface area contributed by atoms with Gasteiger partial charge in [0, 0.05) is 12.4 Å². The smallest absolute Gasteiger partial charge is 0.276 e. The van der Waals surface area contributed by atoms with E-state index in [0.717, 1.165) is 36.5 Å². The Kier molecular flexibility index (Phi) is 7.25. The summed E-state index contributed by atoms with van der Waals surface area (Å²) in [5, 5.41) is 8.72. The van der Waals surface area contributed by atoms with Crippen LogP contribution in [0.4, 0.5) is 0 Å². The summed E-state index contributed by atoms with van der Waals surface area (Å²) in [7, 11) is 0. The minimum Gasteiger partial charge on any atom is -0.493 e. The molecule has 1 aromatic carbocycles. The van der Waals surface area contributed by atoms with Gasteiger partial charge in [0.15, 0.2) is 0 Å². The first-order chi connectivity index (χ1) is 10.8. The maximum absolute atomic E-state index is 5.69. The highest BCUT2D eigenvalue weighted by Gasteiger charge is 2.13. The third kappa shape index (κ3) is 5.03. The van der Waals surface area contributed by atoms with Gasteiger partial charge in [-0.25, -0.2) is 0 Å². The lowest BCUT2D eigenvalue weighted by molar-refractivity contribution is 0.147. The number of hydrogen-bond acceptors (Lipinski definition) is 6. The summed E-state index contributed by atoms with van der Waals surface area (Å²) in [4.78, 5) is 0. The first kappa shape index (κ1) is 16.8. The molecule has 0 aliphatic rings. The summed E-state index contributed by atoms with van der Waals surface area (Å²) in [6, 6.07) is 7.67. The van der Waals surface area contributed by atoms with Crippen LogP contribution in [-0.4, -0.2) is 35.8 Å². The van der Waals surface area contributed by atoms with Crippen molar-refractivity contribution >= 4 is 11.8 Å². The highest BCUT2D eigenvalue weighted by molar-refractivity contribution is 7.99. The Bertz CT molecular complexity index is 560. The molecule has 2 aromatic rings. The highest BCUT2D eigenvalue weighted by Crippen LogP contribution is 2.30. The summed E-state index contributed by atoms with van der Waals surface area (Å²) in [5.74, 6) is 2.05. The molecule has 0 aliphatic heterocycles. The molecule has 0 radical (unpaired) electrons. The molecular formula is C16H22N2O3S. The molecule has 5 nitrogen and oxygen atoms in total. The van der Waals surface area contributed by atoms with Crippen LogP contribution < -0.4 is 4.74 Å². The van der Waals surface area contributed by atoms with Crippen LogP contribution in [0, 0.1) is 0 Å². The third-order valence-electron chi connectivity index (χ3n) is 2.92. The van der Waals surface area contributed by atoms with Crippen molar-refractivity contribution in [1.82, 2.24) is 10.2 Å². The van der Waals surface area contributed by atoms with Gasteiger partial charge in [-0.2, -0.15) is 0 Å². The van der Waals surface area contributed by atoms with Crippen LogP contribution >= 0.6 is 11.8 Å². The Labute approximate surface area is 135 Å². The quantitative estimate of drug-likeness (QED) is 0.486. The number of rotatable bonds is 10. The largest absolute Gasteiger partial charge is 0.493 e. The van der Waals surface area contributed by atoms with E-state index < -0.39 is 0 Å². The fraction of sp³-hybridized carbons (Fsp3) is 0.500. The third-order valence-corrected chi connectivity index (χ3v) is 3.70. The SMILES string of the molecule is CCCCOCCSc1nnc(-c2ccccc2OCC)o1. The lowest BCUT2D eigenvalue weighted by Crippen LogP contribution is -1.98. The van der Waals surface area contributed by atoms with Crippen LogP contribution in [0.25, 0.3) is 11.5 Å². The van der Waals surface area contributed by atoms with Gasteiger partial charge in [-0.05, 0) is 25.5 Å². The average Bonchev–Trinajstić information content (AvgIpc) is 3.00. The van der Waals surface area contributed by atoms with Crippen LogP contribution in [0.15, 0.2) is 33.9 Å². The van der Waals surface area contributed by atoms with E-state index in [4.69, 9.17) is 13.9 Å². The Morgan fingerprint density at radius 1 is 1.14 bits per heavy atom. The zero-order valence-corrected chi connectivity index (χ0v) is 13.9. The first-order valence-corrected chi connectivity index (χ1v) is 8.60. The van der Waals surface area contributed by atoms with E-state index in [-0.39, 0.29) is 0 Å². The van der Waals surface area contributed by atoms with Gasteiger partial charge in [-0.3, -0.25) is 0 Å². The molecule has 0 bridgehead atoms. The van der Waals surface area contributed by atoms with Crippen molar-refractivity contribution in [1.29, 1.82) is 0 Å². The number of para-hydroxylation sites is 1. The Morgan fingerprint density at radius 3 is 2.82 bits per heavy atom. The Morgan fingerprint density at radius 2 is 2.00 bits per heavy atom. The van der Waals surface area contributed by atoms with Gasteiger partial charge in [-0.15, -0.1) is 10.2 Å². The van der Waals surface area contributed by atoms with Crippen molar-refractivity contribution in [2.75, 3.05) is 25.6 Å². The zero-order chi connectivity index (χ0) is 15.6. The van der Waals surface area contributed by atoms with E-state index in [1.807, 2.05) is 31.2 Å². The Balaban J connectivity index is 1.89. The molecule has 0 saturated carbocycles. The molecule has 1 aromatic heterocycles. The number of ether oxygens (including phenoxy) is 2. The minimum atomic E-state index is 0.485. The topological polar surface area (TPSA) is 57.4 Å². The van der Waals surface area contributed by atoms with Crippen molar-refractivity contribution in [3.8, 4) is 17.2 Å². The van der Waals surface area contributed by atoms with Gasteiger partial charge in [0.05, 0.1) is 18.8 Å². The van der Waals surface area contributed by atoms with E-state index in [0.29, 0.717) is 24.3 Å². The molecule has 1 heterocycles. The maximum Gasteiger partial charge on any atom is 0.276 e. The number of benzene rings is 1. The summed E-state index contributed by atoms with van der Waals surface area (Å²) in [6.45, 7) is 6.20. The van der Waals surface area contributed by atoms with Crippen LogP contribution in [0.3, 0.4) is 0 Å². The van der Waals surface area contributed by atoms with Crippen molar-refractivity contribution in [2.24, 2.45) is 0 Å². The molecule has 120 valence electrons. The molecule has 0 aliphatic carbocycles. The first-order valence-electron chi connectivity index (χ1n) is 7.61. The van der Waals surface area contributed by atoms with Gasteiger partial charge in [-0.1, -0.05) is 37.2 Å². The fourth-order valence-electron chi connectivity index (χ4n) is 1.84. The normalized spacial score (nSPS) is 10.8. The molecule has 0 saturated heterocycles. The lowest BCUT2D eigenvalue weighted by atomic mass is 10.2. The lowest BCUT2D eigenvalue weighted by Gasteiger charge is -2.06. The molecule has 6 heteroatoms. The standard InChI is InChI=1S/C16H22N2O3S/c1-3-5-10-19-11-12-22-16-18-17-15(21-16)13-8-6-7-9-14(13)20-4-2/h6-9H,3-5,10-12H2,1-2H3. The van der Waals surface area contributed by atoms with E-state index in [1.165, 1.54) is 11.8 Å². The number of unbranched alkanes of at least 4 members (excludes halogenated alkanes) is 1. The van der Waals surface area contributed by atoms with Gasteiger partial charge < -0.3 is 13.9 Å². The van der Waals surface area contributed by atoms with Crippen LogP contribution in [0.2, 0.25) is 0 Å². The summed E-state index contributed by atoms with van der Waals surface area (Å²) < 4.78 is 16.8. The summed E-state index contributed by atoms with van der Waals surface area (Å²) in [5.41, 5.74) is 0.822. The predicted octanol–water partition coefficient (Wildman–Crippen LogP) is 4.04. The van der Waals surface area contributed by atoms with Crippen LogP contribution in [0.1, 0.15) is 26.7 Å². The molecule has 0 amide bonds. The van der Waals surface area contributed by atoms with E-state index >= 15 is 0 Å². The molecule has 0 N–H and O–H groups in total. The van der Waals surface area contributed by atoms with E-state index in [1.54, 1.807) is 0 Å². The van der Waals surface area contributed by atoms with Gasteiger partial charge >= 0.3 is 0 Å². The highest BCUT2D eigenvalue weighted by atomic mass is 32.2. The summed E-state index contributed by atoms with van der Waals surface area (Å²) in [6.07, 6.45) is 2.25.